The number of nitrogens with zero attached hydrogens (tertiary/aromatic N) is 2. The van der Waals surface area contributed by atoms with Gasteiger partial charge in [-0.05, 0) is 51.4 Å². The average Bonchev–Trinajstić information content (AvgIpc) is 3.52. The Kier molecular flexibility index (Phi) is 4.31. The van der Waals surface area contributed by atoms with Crippen molar-refractivity contribution in [2.45, 2.75) is 70.4 Å². The Morgan fingerprint density at radius 2 is 1.75 bits per heavy atom. The fraction of sp³-hybridized carbons (Fsp3) is 0.895. The van der Waals surface area contributed by atoms with Crippen molar-refractivity contribution in [3.63, 3.8) is 0 Å². The number of rotatable bonds is 4. The average molecular weight is 334 g/mol. The molecule has 2 aliphatic carbocycles. The van der Waals surface area contributed by atoms with Gasteiger partial charge in [0.15, 0.2) is 0 Å². The molecule has 0 spiro atoms. The summed E-state index contributed by atoms with van der Waals surface area (Å²) in [6, 6.07) is 0.518. The fourth-order valence-electron chi connectivity index (χ4n) is 4.31. The zero-order chi connectivity index (χ0) is 16.7. The van der Waals surface area contributed by atoms with Crippen LogP contribution in [-0.4, -0.2) is 60.0 Å². The summed E-state index contributed by atoms with van der Waals surface area (Å²) in [6.07, 6.45) is 8.09. The van der Waals surface area contributed by atoms with Crippen molar-refractivity contribution in [3.05, 3.63) is 0 Å². The van der Waals surface area contributed by atoms with E-state index in [1.165, 1.54) is 0 Å². The van der Waals surface area contributed by atoms with Crippen molar-refractivity contribution in [2.24, 2.45) is 11.3 Å². The molecule has 2 amide bonds. The summed E-state index contributed by atoms with van der Waals surface area (Å²) in [5.74, 6) is 0.914. The van der Waals surface area contributed by atoms with Crippen LogP contribution in [0.2, 0.25) is 0 Å². The Balaban J connectivity index is 1.48. The van der Waals surface area contributed by atoms with Crippen LogP contribution in [0.3, 0.4) is 0 Å². The lowest BCUT2D eigenvalue weighted by Gasteiger charge is -2.45. The molecule has 0 N–H and O–H groups in total. The van der Waals surface area contributed by atoms with Gasteiger partial charge < -0.3 is 14.5 Å². The lowest BCUT2D eigenvalue weighted by molar-refractivity contribution is -0.147. The first-order valence-corrected chi connectivity index (χ1v) is 9.78. The van der Waals surface area contributed by atoms with Crippen LogP contribution in [0.25, 0.3) is 0 Å². The smallest absolute Gasteiger partial charge is 0.228 e. The Morgan fingerprint density at radius 1 is 1.04 bits per heavy atom. The summed E-state index contributed by atoms with van der Waals surface area (Å²) in [6.45, 7) is 5.21. The number of amides is 2. The van der Waals surface area contributed by atoms with E-state index in [0.717, 1.165) is 77.7 Å². The Bertz CT molecular complexity index is 507. The minimum absolute atomic E-state index is 0.105. The predicted molar refractivity (Wildman–Crippen MR) is 90.4 cm³/mol. The van der Waals surface area contributed by atoms with E-state index in [4.69, 9.17) is 4.74 Å². The molecule has 2 saturated heterocycles. The van der Waals surface area contributed by atoms with Crippen LogP contribution in [0.4, 0.5) is 0 Å². The second kappa shape index (κ2) is 6.32. The monoisotopic (exact) mass is 334 g/mol. The van der Waals surface area contributed by atoms with Crippen molar-refractivity contribution in [1.82, 2.24) is 9.80 Å². The maximum atomic E-state index is 13.0. The van der Waals surface area contributed by atoms with Crippen LogP contribution >= 0.6 is 0 Å². The molecule has 2 heterocycles. The van der Waals surface area contributed by atoms with Crippen LogP contribution < -0.4 is 0 Å². The first-order chi connectivity index (χ1) is 11.6. The van der Waals surface area contributed by atoms with Gasteiger partial charge in [-0.1, -0.05) is 6.92 Å². The van der Waals surface area contributed by atoms with Gasteiger partial charge in [0.1, 0.15) is 0 Å². The lowest BCUT2D eigenvalue weighted by atomic mass is 9.96. The number of ether oxygens (including phenoxy) is 1. The third-order valence-corrected chi connectivity index (χ3v) is 6.36. The Labute approximate surface area is 144 Å². The third-order valence-electron chi connectivity index (χ3n) is 6.36. The summed E-state index contributed by atoms with van der Waals surface area (Å²) in [5.41, 5.74) is -0.105. The fourth-order valence-corrected chi connectivity index (χ4v) is 4.31. The summed E-state index contributed by atoms with van der Waals surface area (Å²) < 4.78 is 5.50. The van der Waals surface area contributed by atoms with Gasteiger partial charge in [0.25, 0.3) is 0 Å². The number of hydrogen-bond acceptors (Lipinski definition) is 3. The Hall–Kier alpha value is -1.10. The number of piperidine rings is 1. The zero-order valence-electron chi connectivity index (χ0n) is 14.8. The third kappa shape index (κ3) is 3.19. The summed E-state index contributed by atoms with van der Waals surface area (Å²) in [7, 11) is 0. The van der Waals surface area contributed by atoms with Gasteiger partial charge >= 0.3 is 0 Å². The first-order valence-electron chi connectivity index (χ1n) is 9.78. The van der Waals surface area contributed by atoms with E-state index in [-0.39, 0.29) is 17.4 Å². The van der Waals surface area contributed by atoms with Gasteiger partial charge in [0, 0.05) is 49.7 Å². The van der Waals surface area contributed by atoms with Crippen LogP contribution in [-0.2, 0) is 14.3 Å². The molecule has 2 aliphatic heterocycles. The van der Waals surface area contributed by atoms with E-state index < -0.39 is 0 Å². The molecule has 0 aromatic carbocycles. The standard InChI is InChI=1S/C19H30N2O3/c1-19(8-9-19)18(23)20-10-2-3-16(13-20)21(17(22)14-4-5-14)15-6-11-24-12-7-15/h14-16H,2-13H2,1H3. The van der Waals surface area contributed by atoms with E-state index in [2.05, 4.69) is 11.8 Å². The second-order valence-corrected chi connectivity index (χ2v) is 8.47. The highest BCUT2D eigenvalue weighted by atomic mass is 16.5. The van der Waals surface area contributed by atoms with Crippen molar-refractivity contribution < 1.29 is 14.3 Å². The number of carbonyl (C=O) groups is 2. The molecule has 4 aliphatic rings. The van der Waals surface area contributed by atoms with Crippen LogP contribution in [0.15, 0.2) is 0 Å². The predicted octanol–water partition coefficient (Wildman–Crippen LogP) is 2.20. The molecule has 0 bridgehead atoms. The quantitative estimate of drug-likeness (QED) is 0.792. The van der Waals surface area contributed by atoms with Gasteiger partial charge in [0.05, 0.1) is 0 Å². The van der Waals surface area contributed by atoms with E-state index in [9.17, 15) is 9.59 Å². The minimum atomic E-state index is -0.105. The molecule has 24 heavy (non-hydrogen) atoms. The number of likely N-dealkylation sites (tertiary alicyclic amines) is 1. The molecule has 0 radical (unpaired) electrons. The lowest BCUT2D eigenvalue weighted by Crippen LogP contribution is -2.57. The molecule has 5 heteroatoms. The summed E-state index contributed by atoms with van der Waals surface area (Å²) >= 11 is 0. The van der Waals surface area contributed by atoms with Crippen LogP contribution in [0.5, 0.6) is 0 Å². The highest BCUT2D eigenvalue weighted by Crippen LogP contribution is 2.47. The topological polar surface area (TPSA) is 49.9 Å². The molecule has 5 nitrogen and oxygen atoms in total. The van der Waals surface area contributed by atoms with Gasteiger partial charge in [-0.3, -0.25) is 9.59 Å². The van der Waals surface area contributed by atoms with E-state index in [0.29, 0.717) is 17.9 Å². The largest absolute Gasteiger partial charge is 0.381 e. The number of carbonyl (C=O) groups excluding carboxylic acids is 2. The molecule has 0 aromatic rings. The van der Waals surface area contributed by atoms with Crippen LogP contribution in [0.1, 0.15) is 58.3 Å². The molecule has 0 aromatic heterocycles. The molecule has 4 fully saturated rings. The van der Waals surface area contributed by atoms with Gasteiger partial charge in [-0.2, -0.15) is 0 Å². The van der Waals surface area contributed by atoms with Crippen molar-refractivity contribution in [2.75, 3.05) is 26.3 Å². The van der Waals surface area contributed by atoms with E-state index >= 15 is 0 Å². The van der Waals surface area contributed by atoms with E-state index in [1.807, 2.05) is 4.90 Å². The second-order valence-electron chi connectivity index (χ2n) is 8.47. The minimum Gasteiger partial charge on any atom is -0.381 e. The van der Waals surface area contributed by atoms with Gasteiger partial charge in [-0.15, -0.1) is 0 Å². The first kappa shape index (κ1) is 16.4. The highest BCUT2D eigenvalue weighted by Gasteiger charge is 2.49. The van der Waals surface area contributed by atoms with Crippen molar-refractivity contribution in [1.29, 1.82) is 0 Å². The summed E-state index contributed by atoms with van der Waals surface area (Å²) in [4.78, 5) is 30.0. The molecular formula is C19H30N2O3. The summed E-state index contributed by atoms with van der Waals surface area (Å²) in [5, 5.41) is 0. The van der Waals surface area contributed by atoms with Gasteiger partial charge in [-0.25, -0.2) is 0 Å². The molecule has 1 unspecified atom stereocenters. The normalized spacial score (nSPS) is 30.0. The maximum Gasteiger partial charge on any atom is 0.228 e. The molecule has 4 rings (SSSR count). The van der Waals surface area contributed by atoms with E-state index in [1.54, 1.807) is 0 Å². The number of hydrogen-bond donors (Lipinski definition) is 0. The Morgan fingerprint density at radius 3 is 2.38 bits per heavy atom. The zero-order valence-corrected chi connectivity index (χ0v) is 14.8. The van der Waals surface area contributed by atoms with Crippen molar-refractivity contribution in [3.8, 4) is 0 Å². The molecule has 2 saturated carbocycles. The molecule has 134 valence electrons. The van der Waals surface area contributed by atoms with Crippen LogP contribution in [0, 0.1) is 11.3 Å². The van der Waals surface area contributed by atoms with Crippen molar-refractivity contribution >= 4 is 11.8 Å². The van der Waals surface area contributed by atoms with Gasteiger partial charge in [0.2, 0.25) is 11.8 Å². The SMILES string of the molecule is CC1(C(=O)N2CCCC(N(C(=O)C3CC3)C3CCOCC3)C2)CC1. The molecule has 1 atom stereocenters. The molecular weight excluding hydrogens is 304 g/mol. The maximum absolute atomic E-state index is 13.0. The highest BCUT2D eigenvalue weighted by molar-refractivity contribution is 5.85.